The van der Waals surface area contributed by atoms with Crippen LogP contribution in [-0.4, -0.2) is 42.0 Å². The van der Waals surface area contributed by atoms with Crippen LogP contribution in [0.15, 0.2) is 0 Å². The minimum Gasteiger partial charge on any atom is -0.382 e. The van der Waals surface area contributed by atoms with E-state index >= 15 is 0 Å². The molecular formula is C14H24N4OS. The minimum absolute atomic E-state index is 0.0209. The lowest BCUT2D eigenvalue weighted by atomic mass is 10.1. The fourth-order valence-corrected chi connectivity index (χ4v) is 3.52. The van der Waals surface area contributed by atoms with Crippen molar-refractivity contribution in [3.05, 3.63) is 4.88 Å². The molecule has 0 unspecified atom stereocenters. The maximum Gasteiger partial charge on any atom is 0.267 e. The first-order valence-electron chi connectivity index (χ1n) is 7.47. The predicted molar refractivity (Wildman–Crippen MR) is 84.5 cm³/mol. The lowest BCUT2D eigenvalue weighted by molar-refractivity contribution is 0.0770. The number of nitrogen functional groups attached to an aromatic ring is 1. The summed E-state index contributed by atoms with van der Waals surface area (Å²) in [6, 6.07) is 0. The molecule has 1 aromatic rings. The Morgan fingerprint density at radius 1 is 1.35 bits per heavy atom. The SMILES string of the molecule is CCCN(CC)C(=O)c1sc(N2CCCCC2)nc1N. The summed E-state index contributed by atoms with van der Waals surface area (Å²) in [6.45, 7) is 7.59. The van der Waals surface area contributed by atoms with Gasteiger partial charge < -0.3 is 15.5 Å². The Balaban J connectivity index is 2.15. The summed E-state index contributed by atoms with van der Waals surface area (Å²) in [5.41, 5.74) is 5.96. The van der Waals surface area contributed by atoms with Gasteiger partial charge in [0.25, 0.3) is 5.91 Å². The number of amides is 1. The van der Waals surface area contributed by atoms with Crippen LogP contribution in [0.25, 0.3) is 0 Å². The highest BCUT2D eigenvalue weighted by atomic mass is 32.1. The molecule has 0 aliphatic carbocycles. The van der Waals surface area contributed by atoms with Crippen LogP contribution in [0.2, 0.25) is 0 Å². The summed E-state index contributed by atoms with van der Waals surface area (Å²) in [7, 11) is 0. The van der Waals surface area contributed by atoms with E-state index in [9.17, 15) is 4.79 Å². The van der Waals surface area contributed by atoms with Gasteiger partial charge in [-0.2, -0.15) is 0 Å². The van der Waals surface area contributed by atoms with Gasteiger partial charge in [0.1, 0.15) is 10.7 Å². The topological polar surface area (TPSA) is 62.5 Å². The third kappa shape index (κ3) is 3.23. The van der Waals surface area contributed by atoms with Crippen molar-refractivity contribution in [2.75, 3.05) is 36.8 Å². The molecule has 0 atom stereocenters. The highest BCUT2D eigenvalue weighted by Gasteiger charge is 2.23. The standard InChI is InChI=1S/C14H24N4OS/c1-3-8-17(4-2)13(19)11-12(15)16-14(20-11)18-9-6-5-7-10-18/h3-10,15H2,1-2H3. The summed E-state index contributed by atoms with van der Waals surface area (Å²) in [5, 5.41) is 0.901. The van der Waals surface area contributed by atoms with Gasteiger partial charge in [0.2, 0.25) is 0 Å². The Kier molecular flexibility index (Phi) is 5.23. The van der Waals surface area contributed by atoms with Crippen molar-refractivity contribution >= 4 is 28.2 Å². The number of hydrogen-bond donors (Lipinski definition) is 1. The molecule has 2 rings (SSSR count). The molecule has 1 amide bonds. The monoisotopic (exact) mass is 296 g/mol. The van der Waals surface area contributed by atoms with Crippen LogP contribution in [0.1, 0.15) is 49.2 Å². The Morgan fingerprint density at radius 2 is 2.05 bits per heavy atom. The van der Waals surface area contributed by atoms with E-state index in [1.807, 2.05) is 11.8 Å². The molecule has 20 heavy (non-hydrogen) atoms. The summed E-state index contributed by atoms with van der Waals surface area (Å²) >= 11 is 1.44. The molecule has 2 heterocycles. The van der Waals surface area contributed by atoms with E-state index in [-0.39, 0.29) is 5.91 Å². The van der Waals surface area contributed by atoms with Crippen LogP contribution in [0.5, 0.6) is 0 Å². The Labute approximate surface area is 124 Å². The molecule has 1 aliphatic rings. The summed E-state index contributed by atoms with van der Waals surface area (Å²) in [4.78, 5) is 21.6. The molecule has 1 aromatic heterocycles. The molecule has 5 nitrogen and oxygen atoms in total. The van der Waals surface area contributed by atoms with Crippen molar-refractivity contribution in [2.24, 2.45) is 0 Å². The largest absolute Gasteiger partial charge is 0.382 e. The number of carbonyl (C=O) groups excluding carboxylic acids is 1. The number of aromatic nitrogens is 1. The van der Waals surface area contributed by atoms with Crippen LogP contribution in [0.3, 0.4) is 0 Å². The van der Waals surface area contributed by atoms with Gasteiger partial charge in [-0.25, -0.2) is 4.98 Å². The third-order valence-electron chi connectivity index (χ3n) is 3.63. The highest BCUT2D eigenvalue weighted by Crippen LogP contribution is 2.30. The number of nitrogens with zero attached hydrogens (tertiary/aromatic N) is 3. The van der Waals surface area contributed by atoms with Crippen molar-refractivity contribution in [1.82, 2.24) is 9.88 Å². The van der Waals surface area contributed by atoms with Gasteiger partial charge in [-0.3, -0.25) is 4.79 Å². The number of piperidine rings is 1. The number of carbonyl (C=O) groups is 1. The van der Waals surface area contributed by atoms with Gasteiger partial charge in [-0.05, 0) is 32.6 Å². The van der Waals surface area contributed by atoms with Crippen molar-refractivity contribution < 1.29 is 4.79 Å². The molecule has 0 bridgehead atoms. The summed E-state index contributed by atoms with van der Waals surface area (Å²) in [5.74, 6) is 0.405. The molecule has 1 fully saturated rings. The van der Waals surface area contributed by atoms with Crippen molar-refractivity contribution in [2.45, 2.75) is 39.5 Å². The fourth-order valence-electron chi connectivity index (χ4n) is 2.51. The number of thiazole rings is 1. The van der Waals surface area contributed by atoms with Gasteiger partial charge in [-0.1, -0.05) is 18.3 Å². The van der Waals surface area contributed by atoms with Gasteiger partial charge in [0.15, 0.2) is 5.13 Å². The Hall–Kier alpha value is -1.30. The van der Waals surface area contributed by atoms with E-state index in [1.165, 1.54) is 30.6 Å². The maximum atomic E-state index is 12.5. The van der Waals surface area contributed by atoms with E-state index in [2.05, 4.69) is 16.8 Å². The van der Waals surface area contributed by atoms with Crippen molar-refractivity contribution in [3.63, 3.8) is 0 Å². The van der Waals surface area contributed by atoms with Gasteiger partial charge >= 0.3 is 0 Å². The minimum atomic E-state index is 0.0209. The molecule has 0 aromatic carbocycles. The molecule has 112 valence electrons. The van der Waals surface area contributed by atoms with E-state index in [0.717, 1.165) is 31.2 Å². The molecule has 0 spiro atoms. The molecule has 1 aliphatic heterocycles. The molecule has 1 saturated heterocycles. The quantitative estimate of drug-likeness (QED) is 0.907. The van der Waals surface area contributed by atoms with Crippen LogP contribution < -0.4 is 10.6 Å². The molecular weight excluding hydrogens is 272 g/mol. The van der Waals surface area contributed by atoms with Crippen LogP contribution >= 0.6 is 11.3 Å². The van der Waals surface area contributed by atoms with Gasteiger partial charge in [0, 0.05) is 26.2 Å². The second-order valence-electron chi connectivity index (χ2n) is 5.14. The van der Waals surface area contributed by atoms with E-state index in [1.54, 1.807) is 0 Å². The van der Waals surface area contributed by atoms with Crippen molar-refractivity contribution in [1.29, 1.82) is 0 Å². The number of anilines is 2. The summed E-state index contributed by atoms with van der Waals surface area (Å²) < 4.78 is 0. The zero-order valence-corrected chi connectivity index (χ0v) is 13.2. The fraction of sp³-hybridized carbons (Fsp3) is 0.714. The zero-order valence-electron chi connectivity index (χ0n) is 12.4. The van der Waals surface area contributed by atoms with E-state index < -0.39 is 0 Å². The maximum absolute atomic E-state index is 12.5. The normalized spacial score (nSPS) is 15.4. The highest BCUT2D eigenvalue weighted by molar-refractivity contribution is 7.18. The van der Waals surface area contributed by atoms with E-state index in [0.29, 0.717) is 17.2 Å². The second-order valence-corrected chi connectivity index (χ2v) is 6.12. The first-order valence-corrected chi connectivity index (χ1v) is 8.29. The van der Waals surface area contributed by atoms with Gasteiger partial charge in [0.05, 0.1) is 0 Å². The Bertz CT molecular complexity index is 454. The van der Waals surface area contributed by atoms with Crippen LogP contribution in [-0.2, 0) is 0 Å². The third-order valence-corrected chi connectivity index (χ3v) is 4.75. The summed E-state index contributed by atoms with van der Waals surface area (Å²) in [6.07, 6.45) is 4.62. The van der Waals surface area contributed by atoms with Crippen LogP contribution in [0.4, 0.5) is 10.9 Å². The lowest BCUT2D eigenvalue weighted by Gasteiger charge is -2.25. The Morgan fingerprint density at radius 3 is 2.65 bits per heavy atom. The van der Waals surface area contributed by atoms with Gasteiger partial charge in [-0.15, -0.1) is 0 Å². The molecule has 6 heteroatoms. The van der Waals surface area contributed by atoms with E-state index in [4.69, 9.17) is 5.73 Å². The molecule has 2 N–H and O–H groups in total. The average molecular weight is 296 g/mol. The average Bonchev–Trinajstić information content (AvgIpc) is 2.87. The number of hydrogen-bond acceptors (Lipinski definition) is 5. The van der Waals surface area contributed by atoms with Crippen molar-refractivity contribution in [3.8, 4) is 0 Å². The first-order chi connectivity index (χ1) is 9.67. The zero-order chi connectivity index (χ0) is 14.5. The molecule has 0 radical (unpaired) electrons. The first kappa shape index (κ1) is 15.1. The number of nitrogens with two attached hydrogens (primary N) is 1. The predicted octanol–water partition coefficient (Wildman–Crippen LogP) is 2.59. The van der Waals surface area contributed by atoms with Crippen LogP contribution in [0, 0.1) is 0 Å². The number of rotatable bonds is 5. The molecule has 0 saturated carbocycles. The smallest absolute Gasteiger partial charge is 0.267 e. The second kappa shape index (κ2) is 6.92. The lowest BCUT2D eigenvalue weighted by Crippen LogP contribution is -2.31.